The first kappa shape index (κ1) is 38.9. The summed E-state index contributed by atoms with van der Waals surface area (Å²) in [5.41, 5.74) is 0.268. The van der Waals surface area contributed by atoms with E-state index in [0.29, 0.717) is 77.0 Å². The Kier molecular flexibility index (Phi) is 13.1. The average molecular weight is 753 g/mol. The van der Waals surface area contributed by atoms with E-state index in [2.05, 4.69) is 9.24 Å². The molecule has 0 aliphatic heterocycles. The van der Waals surface area contributed by atoms with Crippen LogP contribution in [-0.2, 0) is 40.5 Å². The molecule has 4 fully saturated rings. The van der Waals surface area contributed by atoms with Gasteiger partial charge in [0.25, 0.3) is 40.5 Å². The van der Waals surface area contributed by atoms with Crippen molar-refractivity contribution in [1.82, 2.24) is 0 Å². The van der Waals surface area contributed by atoms with Gasteiger partial charge < -0.3 is 0 Å². The second kappa shape index (κ2) is 15.5. The lowest BCUT2D eigenvalue weighted by Gasteiger charge is -2.31. The molecule has 0 aromatic heterocycles. The highest BCUT2D eigenvalue weighted by Crippen LogP contribution is 2.48. The summed E-state index contributed by atoms with van der Waals surface area (Å²) in [5.74, 6) is 0.474. The van der Waals surface area contributed by atoms with Crippen molar-refractivity contribution in [1.29, 1.82) is 0 Å². The Hall–Kier alpha value is 0.0700. The van der Waals surface area contributed by atoms with Gasteiger partial charge in [-0.1, -0.05) is 12.8 Å². The van der Waals surface area contributed by atoms with E-state index in [0.717, 1.165) is 38.5 Å². The van der Waals surface area contributed by atoms with Crippen LogP contribution in [-0.4, -0.2) is 78.5 Å². The zero-order valence-corrected chi connectivity index (χ0v) is 30.8. The molecule has 0 aromatic rings. The summed E-state index contributed by atoms with van der Waals surface area (Å²) in [7, 11) is -13.6. The van der Waals surface area contributed by atoms with Crippen LogP contribution in [0.4, 0.5) is 0 Å². The second-order valence-electron chi connectivity index (χ2n) is 14.8. The summed E-state index contributed by atoms with van der Waals surface area (Å²) < 4.78 is 133. The third kappa shape index (κ3) is 10.5. The van der Waals surface area contributed by atoms with Crippen LogP contribution in [0.2, 0.25) is 0 Å². The topological polar surface area (TPSA) is 217 Å². The fraction of sp³-hybridized carbons (Fsp3) is 1.00. The molecule has 4 aliphatic carbocycles. The SMILES string of the molecule is O=S(=O)(O)C1CCC(C(CCCCC(P)CCC(C2CCC(S(=O)(=O)O)C2)C2CCC(S(=O)(=O)O)C2)C2CCC(S(=O)(=O)O)C2)C1. The minimum atomic E-state index is -4.14. The van der Waals surface area contributed by atoms with Gasteiger partial charge in [-0.3, -0.25) is 18.2 Å². The van der Waals surface area contributed by atoms with E-state index in [-0.39, 0.29) is 41.2 Å². The van der Waals surface area contributed by atoms with Crippen LogP contribution in [0.3, 0.4) is 0 Å². The first-order chi connectivity index (χ1) is 21.2. The van der Waals surface area contributed by atoms with Crippen LogP contribution in [0, 0.1) is 35.5 Å². The van der Waals surface area contributed by atoms with Crippen LogP contribution in [0.15, 0.2) is 0 Å². The molecule has 17 heteroatoms. The first-order valence-electron chi connectivity index (χ1n) is 16.8. The minimum Gasteiger partial charge on any atom is -0.285 e. The smallest absolute Gasteiger partial charge is 0.267 e. The molecule has 4 rings (SSSR count). The Labute approximate surface area is 278 Å². The van der Waals surface area contributed by atoms with Gasteiger partial charge in [0.05, 0.1) is 21.0 Å². The quantitative estimate of drug-likeness (QED) is 0.0928. The number of unbranched alkanes of at least 4 members (excludes halogenated alkanes) is 1. The molecule has 46 heavy (non-hydrogen) atoms. The molecule has 10 atom stereocenters. The summed E-state index contributed by atoms with van der Waals surface area (Å²) >= 11 is 0. The van der Waals surface area contributed by atoms with Gasteiger partial charge >= 0.3 is 0 Å². The number of hydrogen-bond donors (Lipinski definition) is 4. The van der Waals surface area contributed by atoms with Crippen LogP contribution >= 0.6 is 9.24 Å². The summed E-state index contributed by atoms with van der Waals surface area (Å²) in [6.45, 7) is 0. The lowest BCUT2D eigenvalue weighted by atomic mass is 9.76. The molecule has 0 aromatic carbocycles. The zero-order chi connectivity index (χ0) is 34.1. The molecule has 10 unspecified atom stereocenters. The first-order valence-corrected chi connectivity index (χ1v) is 23.5. The zero-order valence-electron chi connectivity index (χ0n) is 26.3. The highest BCUT2D eigenvalue weighted by molar-refractivity contribution is 7.87. The molecule has 0 saturated heterocycles. The molecule has 0 bridgehead atoms. The summed E-state index contributed by atoms with van der Waals surface area (Å²) in [6.07, 6.45) is 10.8. The maximum Gasteiger partial charge on any atom is 0.267 e. The normalized spacial score (nSPS) is 35.0. The van der Waals surface area contributed by atoms with Crippen molar-refractivity contribution in [2.24, 2.45) is 35.5 Å². The van der Waals surface area contributed by atoms with E-state index in [9.17, 15) is 51.9 Å². The van der Waals surface area contributed by atoms with Gasteiger partial charge in [0.15, 0.2) is 0 Å². The van der Waals surface area contributed by atoms with Crippen molar-refractivity contribution < 1.29 is 51.9 Å². The maximum absolute atomic E-state index is 11.8. The van der Waals surface area contributed by atoms with Crippen molar-refractivity contribution in [2.75, 3.05) is 0 Å². The van der Waals surface area contributed by atoms with Crippen molar-refractivity contribution in [3.8, 4) is 0 Å². The molecule has 0 radical (unpaired) electrons. The van der Waals surface area contributed by atoms with Crippen LogP contribution in [0.5, 0.6) is 0 Å². The predicted molar refractivity (Wildman–Crippen MR) is 179 cm³/mol. The van der Waals surface area contributed by atoms with E-state index in [1.54, 1.807) is 0 Å². The number of rotatable bonds is 16. The molecule has 4 aliphatic rings. The third-order valence-corrected chi connectivity index (χ3v) is 17.8. The Balaban J connectivity index is 1.32. The molecule has 4 saturated carbocycles. The molecular formula is C29H53O12PS4. The van der Waals surface area contributed by atoms with Gasteiger partial charge in [-0.15, -0.1) is 9.24 Å². The van der Waals surface area contributed by atoms with Gasteiger partial charge in [0, 0.05) is 0 Å². The van der Waals surface area contributed by atoms with Crippen molar-refractivity contribution in [2.45, 2.75) is 142 Å². The fourth-order valence-electron chi connectivity index (χ4n) is 9.58. The highest BCUT2D eigenvalue weighted by Gasteiger charge is 2.45. The van der Waals surface area contributed by atoms with E-state index < -0.39 is 61.5 Å². The monoisotopic (exact) mass is 752 g/mol. The van der Waals surface area contributed by atoms with Crippen LogP contribution in [0.1, 0.15) is 116 Å². The van der Waals surface area contributed by atoms with E-state index in [4.69, 9.17) is 0 Å². The number of hydrogen-bond acceptors (Lipinski definition) is 8. The summed E-state index contributed by atoms with van der Waals surface area (Å²) in [5, 5.41) is -3.16. The lowest BCUT2D eigenvalue weighted by Crippen LogP contribution is -2.25. The predicted octanol–water partition coefficient (Wildman–Crippen LogP) is 5.03. The molecular weight excluding hydrogens is 700 g/mol. The van der Waals surface area contributed by atoms with E-state index in [1.807, 2.05) is 0 Å². The standard InChI is InChI=1S/C29H53O12PS4/c30-43(31,32)24-10-5-19(15-24)28(20-6-11-25(16-20)44(33,34)35)4-2-1-3-23(42)9-14-29(21-7-12-26(17-21)45(36,37)38)22-8-13-27(18-22)46(39,40)41/h19-29H,1-18,42H2,(H,30,31,32)(H,33,34,35)(H,36,37,38)(H,39,40,41). The molecule has 4 N–H and O–H groups in total. The fourth-order valence-corrected chi connectivity index (χ4v) is 13.7. The van der Waals surface area contributed by atoms with Gasteiger partial charge in [-0.2, -0.15) is 33.7 Å². The maximum atomic E-state index is 11.8. The average Bonchev–Trinajstić information content (AvgIpc) is 3.73. The highest BCUT2D eigenvalue weighted by atomic mass is 32.2. The largest absolute Gasteiger partial charge is 0.285 e. The molecule has 0 spiro atoms. The molecule has 270 valence electrons. The Morgan fingerprint density at radius 1 is 0.435 bits per heavy atom. The Morgan fingerprint density at radius 3 is 1.00 bits per heavy atom. The molecule has 0 amide bonds. The van der Waals surface area contributed by atoms with Gasteiger partial charge in [0.1, 0.15) is 0 Å². The lowest BCUT2D eigenvalue weighted by molar-refractivity contribution is 0.206. The van der Waals surface area contributed by atoms with Crippen LogP contribution < -0.4 is 0 Å². The minimum absolute atomic E-state index is 0.0611. The van der Waals surface area contributed by atoms with E-state index in [1.165, 1.54) is 0 Å². The van der Waals surface area contributed by atoms with Gasteiger partial charge in [-0.05, 0) is 144 Å². The summed E-state index contributed by atoms with van der Waals surface area (Å²) in [4.78, 5) is 0. The third-order valence-electron chi connectivity index (χ3n) is 12.0. The summed E-state index contributed by atoms with van der Waals surface area (Å²) in [6, 6.07) is 0. The van der Waals surface area contributed by atoms with E-state index >= 15 is 0 Å². The van der Waals surface area contributed by atoms with Crippen molar-refractivity contribution >= 4 is 49.7 Å². The molecule has 0 heterocycles. The Bertz CT molecular complexity index is 1370. The Morgan fingerprint density at radius 2 is 0.717 bits per heavy atom. The second-order valence-corrected chi connectivity index (χ2v) is 22.5. The van der Waals surface area contributed by atoms with Crippen LogP contribution in [0.25, 0.3) is 0 Å². The van der Waals surface area contributed by atoms with Gasteiger partial charge in [0.2, 0.25) is 0 Å². The van der Waals surface area contributed by atoms with Crippen molar-refractivity contribution in [3.05, 3.63) is 0 Å². The molecule has 12 nitrogen and oxygen atoms in total. The van der Waals surface area contributed by atoms with Crippen molar-refractivity contribution in [3.63, 3.8) is 0 Å². The van der Waals surface area contributed by atoms with Gasteiger partial charge in [-0.25, -0.2) is 0 Å².